The van der Waals surface area contributed by atoms with Crippen LogP contribution < -0.4 is 0 Å². The highest BCUT2D eigenvalue weighted by Crippen LogP contribution is 2.69. The lowest BCUT2D eigenvalue weighted by Crippen LogP contribution is -2.66. The Kier molecular flexibility index (Phi) is 6.95. The number of rotatable bonds is 8. The van der Waals surface area contributed by atoms with Crippen LogP contribution in [0.1, 0.15) is 59.8 Å². The average molecular weight is 563 g/mol. The predicted molar refractivity (Wildman–Crippen MR) is 138 cm³/mol. The number of esters is 1. The molecule has 220 valence electrons. The van der Waals surface area contributed by atoms with Crippen molar-refractivity contribution in [3.8, 4) is 0 Å². The standard InChI is InChI=1S/C30H39FO9/c1-27(2,38-5)40-22-12-20-19-7-6-15-10-16(32)8-9-29(15,4)30(19,31)23(34)13-28(20,3)24(22)21(33)14-39-26(37)18-11-17(18)25(35)36/h8-10,17-20,22-24,34H,6-7,11-14H2,1-5H3,(H,35,36)/t17?,18?,19-,20-,22+,23-,24-,28-,29-,30-/m0/s1. The maximum atomic E-state index is 17.5. The molecule has 0 aliphatic heterocycles. The number of ketones is 2. The smallest absolute Gasteiger partial charge is 0.310 e. The number of Topliss-reactive ketones (excluding diaryl/α,β-unsaturated/α-hetero) is 1. The van der Waals surface area contributed by atoms with Crippen molar-refractivity contribution in [1.29, 1.82) is 0 Å². The number of carboxylic acids is 1. The van der Waals surface area contributed by atoms with Gasteiger partial charge in [0.15, 0.2) is 23.0 Å². The van der Waals surface area contributed by atoms with Gasteiger partial charge in [-0.05, 0) is 76.4 Å². The summed E-state index contributed by atoms with van der Waals surface area (Å²) < 4.78 is 34.5. The van der Waals surface area contributed by atoms with Crippen molar-refractivity contribution in [2.24, 2.45) is 40.4 Å². The summed E-state index contributed by atoms with van der Waals surface area (Å²) in [7, 11) is 1.49. The quantitative estimate of drug-likeness (QED) is 0.338. The predicted octanol–water partition coefficient (Wildman–Crippen LogP) is 3.18. The first-order valence-electron chi connectivity index (χ1n) is 14.1. The molecule has 0 aromatic rings. The van der Waals surface area contributed by atoms with Crippen LogP contribution in [-0.2, 0) is 33.4 Å². The fourth-order valence-corrected chi connectivity index (χ4v) is 8.37. The number of fused-ring (bicyclic) bond motifs is 5. The van der Waals surface area contributed by atoms with Gasteiger partial charge in [-0.3, -0.25) is 19.2 Å². The van der Waals surface area contributed by atoms with Crippen molar-refractivity contribution >= 4 is 23.5 Å². The van der Waals surface area contributed by atoms with Gasteiger partial charge in [-0.2, -0.15) is 0 Å². The number of aliphatic hydroxyl groups is 1. The molecule has 10 atom stereocenters. The van der Waals surface area contributed by atoms with Crippen LogP contribution in [-0.4, -0.2) is 71.1 Å². The summed E-state index contributed by atoms with van der Waals surface area (Å²) in [5.41, 5.74) is -3.41. The van der Waals surface area contributed by atoms with Crippen molar-refractivity contribution in [2.45, 2.75) is 83.5 Å². The number of halogens is 1. The Morgan fingerprint density at radius 2 is 1.85 bits per heavy atom. The monoisotopic (exact) mass is 562 g/mol. The van der Waals surface area contributed by atoms with E-state index in [9.17, 15) is 24.3 Å². The molecule has 5 aliphatic carbocycles. The van der Waals surface area contributed by atoms with E-state index in [1.807, 2.05) is 6.92 Å². The highest BCUT2D eigenvalue weighted by molar-refractivity contribution is 6.01. The van der Waals surface area contributed by atoms with E-state index in [1.54, 1.807) is 26.8 Å². The van der Waals surface area contributed by atoms with Gasteiger partial charge < -0.3 is 24.4 Å². The van der Waals surface area contributed by atoms with Gasteiger partial charge >= 0.3 is 11.9 Å². The molecule has 0 amide bonds. The molecule has 4 fully saturated rings. The molecule has 0 aromatic carbocycles. The molecule has 0 bridgehead atoms. The van der Waals surface area contributed by atoms with Gasteiger partial charge in [-0.25, -0.2) is 4.39 Å². The normalized spacial score (nSPS) is 43.7. The maximum Gasteiger partial charge on any atom is 0.310 e. The molecule has 0 aromatic heterocycles. The molecule has 0 spiro atoms. The summed E-state index contributed by atoms with van der Waals surface area (Å²) in [6.45, 7) is 6.49. The van der Waals surface area contributed by atoms with E-state index >= 15 is 4.39 Å². The van der Waals surface area contributed by atoms with Gasteiger partial charge in [0.1, 0.15) is 6.61 Å². The molecule has 2 unspecified atom stereocenters. The van der Waals surface area contributed by atoms with Crippen LogP contribution in [0, 0.1) is 40.4 Å². The number of carbonyl (C=O) groups is 4. The average Bonchev–Trinajstić information content (AvgIpc) is 3.63. The summed E-state index contributed by atoms with van der Waals surface area (Å²) >= 11 is 0. The molecular formula is C30H39FO9. The Bertz CT molecular complexity index is 1190. The van der Waals surface area contributed by atoms with Gasteiger partial charge in [0.2, 0.25) is 0 Å². The number of ether oxygens (including phenoxy) is 3. The second kappa shape index (κ2) is 9.56. The Hall–Kier alpha value is -2.43. The van der Waals surface area contributed by atoms with E-state index in [0.717, 1.165) is 0 Å². The third-order valence-corrected chi connectivity index (χ3v) is 10.7. The van der Waals surface area contributed by atoms with Crippen LogP contribution in [0.3, 0.4) is 0 Å². The largest absolute Gasteiger partial charge is 0.481 e. The Balaban J connectivity index is 1.45. The number of hydrogen-bond acceptors (Lipinski definition) is 8. The van der Waals surface area contributed by atoms with Gasteiger partial charge in [0.25, 0.3) is 0 Å². The topological polar surface area (TPSA) is 136 Å². The fourth-order valence-electron chi connectivity index (χ4n) is 8.37. The van der Waals surface area contributed by atoms with Crippen molar-refractivity contribution in [2.75, 3.05) is 13.7 Å². The summed E-state index contributed by atoms with van der Waals surface area (Å²) in [4.78, 5) is 49.4. The van der Waals surface area contributed by atoms with Crippen LogP contribution in [0.15, 0.2) is 23.8 Å². The second-order valence-corrected chi connectivity index (χ2v) is 13.2. The van der Waals surface area contributed by atoms with Crippen molar-refractivity contribution in [3.05, 3.63) is 23.8 Å². The van der Waals surface area contributed by atoms with E-state index < -0.39 is 82.5 Å². The molecule has 5 aliphatic rings. The molecule has 0 saturated heterocycles. The Labute approximate surface area is 233 Å². The second-order valence-electron chi connectivity index (χ2n) is 13.2. The summed E-state index contributed by atoms with van der Waals surface area (Å²) in [6, 6.07) is 0. The molecular weight excluding hydrogens is 523 g/mol. The Morgan fingerprint density at radius 1 is 1.15 bits per heavy atom. The van der Waals surface area contributed by atoms with Crippen molar-refractivity contribution in [3.63, 3.8) is 0 Å². The van der Waals surface area contributed by atoms with Gasteiger partial charge in [0.05, 0.1) is 30.0 Å². The van der Waals surface area contributed by atoms with Gasteiger partial charge in [-0.15, -0.1) is 0 Å². The number of alkyl halides is 1. The van der Waals surface area contributed by atoms with E-state index in [1.165, 1.54) is 19.3 Å². The fraction of sp³-hybridized carbons (Fsp3) is 0.733. The number of carboxylic acid groups (broad SMARTS) is 1. The summed E-state index contributed by atoms with van der Waals surface area (Å²) in [6.07, 6.45) is 3.75. The zero-order valence-corrected chi connectivity index (χ0v) is 23.6. The first-order chi connectivity index (χ1) is 18.6. The molecule has 9 nitrogen and oxygen atoms in total. The minimum absolute atomic E-state index is 0.0172. The van der Waals surface area contributed by atoms with E-state index in [0.29, 0.717) is 24.8 Å². The lowest BCUT2D eigenvalue weighted by molar-refractivity contribution is -0.232. The Morgan fingerprint density at radius 3 is 2.48 bits per heavy atom. The zero-order chi connectivity index (χ0) is 29.4. The van der Waals surface area contributed by atoms with Crippen LogP contribution >= 0.6 is 0 Å². The lowest BCUT2D eigenvalue weighted by atomic mass is 9.45. The van der Waals surface area contributed by atoms with Gasteiger partial charge in [0, 0.05) is 18.4 Å². The van der Waals surface area contributed by atoms with E-state index in [4.69, 9.17) is 19.3 Å². The first-order valence-corrected chi connectivity index (χ1v) is 14.1. The SMILES string of the molecule is COC(C)(C)O[C@@H]1C[C@H]2[C@@H]3CCC4=CC(=O)C=C[C@]4(C)[C@@]3(F)[C@@H](O)C[C@]2(C)[C@H]1C(=O)COC(=O)C1CC1C(=O)O. The minimum atomic E-state index is -2.05. The third-order valence-electron chi connectivity index (χ3n) is 10.7. The highest BCUT2D eigenvalue weighted by Gasteiger charge is 2.72. The number of methoxy groups -OCH3 is 1. The molecule has 0 radical (unpaired) electrons. The zero-order valence-electron chi connectivity index (χ0n) is 23.6. The minimum Gasteiger partial charge on any atom is -0.481 e. The lowest BCUT2D eigenvalue weighted by Gasteiger charge is -2.61. The number of hydrogen-bond donors (Lipinski definition) is 2. The number of carbonyl (C=O) groups excluding carboxylic acids is 3. The van der Waals surface area contributed by atoms with Crippen LogP contribution in [0.4, 0.5) is 4.39 Å². The van der Waals surface area contributed by atoms with Crippen molar-refractivity contribution < 1.29 is 48.0 Å². The third kappa shape index (κ3) is 4.29. The molecule has 4 saturated carbocycles. The molecule has 5 rings (SSSR count). The maximum absolute atomic E-state index is 17.5. The van der Waals surface area contributed by atoms with Crippen molar-refractivity contribution in [1.82, 2.24) is 0 Å². The number of aliphatic hydroxyl groups excluding tert-OH is 1. The highest BCUT2D eigenvalue weighted by atomic mass is 19.1. The number of aliphatic carboxylic acids is 1. The molecule has 10 heteroatoms. The summed E-state index contributed by atoms with van der Waals surface area (Å²) in [5, 5.41) is 20.7. The van der Waals surface area contributed by atoms with Crippen LogP contribution in [0.2, 0.25) is 0 Å². The molecule has 2 N–H and O–H groups in total. The van der Waals surface area contributed by atoms with Gasteiger partial charge in [-0.1, -0.05) is 18.6 Å². The van der Waals surface area contributed by atoms with E-state index in [2.05, 4.69) is 0 Å². The van der Waals surface area contributed by atoms with Crippen LogP contribution in [0.25, 0.3) is 0 Å². The number of allylic oxidation sites excluding steroid dienone is 4. The first kappa shape index (κ1) is 29.1. The summed E-state index contributed by atoms with van der Waals surface area (Å²) in [5.74, 6) is -6.78. The molecule has 40 heavy (non-hydrogen) atoms. The van der Waals surface area contributed by atoms with E-state index in [-0.39, 0.29) is 24.5 Å². The van der Waals surface area contributed by atoms with Crippen LogP contribution in [0.5, 0.6) is 0 Å². The molecule has 0 heterocycles.